The number of nitrogens with one attached hydrogen (secondary N) is 1. The van der Waals surface area contributed by atoms with Crippen LogP contribution in [0.5, 0.6) is 0 Å². The largest absolute Gasteiger partial charge is 0.481 e. The van der Waals surface area contributed by atoms with Gasteiger partial charge >= 0.3 is 5.97 Å². The van der Waals surface area contributed by atoms with Crippen molar-refractivity contribution in [3.8, 4) is 11.3 Å². The van der Waals surface area contributed by atoms with E-state index in [9.17, 15) is 4.79 Å². The van der Waals surface area contributed by atoms with Crippen molar-refractivity contribution in [3.63, 3.8) is 0 Å². The normalized spacial score (nSPS) is 13.5. The van der Waals surface area contributed by atoms with Gasteiger partial charge in [0.05, 0.1) is 12.1 Å². The molecule has 0 spiro atoms. The number of aromatic nitrogens is 2. The molecule has 0 saturated heterocycles. The van der Waals surface area contributed by atoms with Crippen LogP contribution in [0.25, 0.3) is 11.3 Å². The zero-order valence-electron chi connectivity index (χ0n) is 10.6. The molecule has 1 aromatic heterocycles. The average Bonchev–Trinajstić information content (AvgIpc) is 3.04. The van der Waals surface area contributed by atoms with Crippen LogP contribution in [0, 0.1) is 0 Å². The molecular weight excluding hydrogens is 240 g/mol. The Morgan fingerprint density at radius 2 is 2.11 bits per heavy atom. The predicted molar refractivity (Wildman–Crippen MR) is 72.0 cm³/mol. The standard InChI is InChI=1S/C15H16N2O2/c18-15(19)7-6-13-9-14(17-16-13)12-5-4-10-2-1-3-11(10)8-12/h4-5,8-9H,1-3,6-7H2,(H,16,17)(H,18,19). The third-order valence-corrected chi connectivity index (χ3v) is 3.63. The zero-order valence-corrected chi connectivity index (χ0v) is 10.6. The van der Waals surface area contributed by atoms with Crippen LogP contribution in [0.2, 0.25) is 0 Å². The predicted octanol–water partition coefficient (Wildman–Crippen LogP) is 2.58. The Morgan fingerprint density at radius 1 is 1.26 bits per heavy atom. The Morgan fingerprint density at radius 3 is 2.95 bits per heavy atom. The van der Waals surface area contributed by atoms with Gasteiger partial charge in [-0.15, -0.1) is 0 Å². The maximum Gasteiger partial charge on any atom is 0.303 e. The maximum absolute atomic E-state index is 10.5. The fourth-order valence-electron chi connectivity index (χ4n) is 2.61. The smallest absolute Gasteiger partial charge is 0.303 e. The number of aromatic amines is 1. The molecule has 0 radical (unpaired) electrons. The number of hydrogen-bond donors (Lipinski definition) is 2. The van der Waals surface area contributed by atoms with Crippen molar-refractivity contribution in [3.05, 3.63) is 41.1 Å². The summed E-state index contributed by atoms with van der Waals surface area (Å²) in [4.78, 5) is 10.5. The van der Waals surface area contributed by atoms with Gasteiger partial charge in [-0.2, -0.15) is 5.10 Å². The van der Waals surface area contributed by atoms with Crippen LogP contribution < -0.4 is 0 Å². The van der Waals surface area contributed by atoms with Gasteiger partial charge in [0, 0.05) is 11.3 Å². The third kappa shape index (κ3) is 2.52. The highest BCUT2D eigenvalue weighted by Crippen LogP contribution is 2.27. The topological polar surface area (TPSA) is 66.0 Å². The van der Waals surface area contributed by atoms with Crippen molar-refractivity contribution < 1.29 is 9.90 Å². The van der Waals surface area contributed by atoms with Gasteiger partial charge in [0.25, 0.3) is 0 Å². The maximum atomic E-state index is 10.5. The van der Waals surface area contributed by atoms with Gasteiger partial charge in [0.2, 0.25) is 0 Å². The highest BCUT2D eigenvalue weighted by molar-refractivity contribution is 5.67. The van der Waals surface area contributed by atoms with Gasteiger partial charge in [0.1, 0.15) is 0 Å². The van der Waals surface area contributed by atoms with E-state index in [1.165, 1.54) is 24.0 Å². The van der Waals surface area contributed by atoms with Crippen molar-refractivity contribution in [2.24, 2.45) is 0 Å². The van der Waals surface area contributed by atoms with Gasteiger partial charge in [-0.25, -0.2) is 0 Å². The summed E-state index contributed by atoms with van der Waals surface area (Å²) in [6, 6.07) is 8.43. The lowest BCUT2D eigenvalue weighted by molar-refractivity contribution is -0.136. The molecule has 0 bridgehead atoms. The van der Waals surface area contributed by atoms with E-state index < -0.39 is 5.97 Å². The quantitative estimate of drug-likeness (QED) is 0.883. The summed E-state index contributed by atoms with van der Waals surface area (Å²) >= 11 is 0. The summed E-state index contributed by atoms with van der Waals surface area (Å²) in [7, 11) is 0. The highest BCUT2D eigenvalue weighted by Gasteiger charge is 2.12. The lowest BCUT2D eigenvalue weighted by atomic mass is 10.0. The first-order valence-corrected chi connectivity index (χ1v) is 6.60. The molecule has 0 fully saturated rings. The van der Waals surface area contributed by atoms with Crippen LogP contribution in [-0.4, -0.2) is 21.3 Å². The van der Waals surface area contributed by atoms with Crippen LogP contribution in [0.4, 0.5) is 0 Å². The average molecular weight is 256 g/mol. The molecule has 1 aliphatic rings. The Labute approximate surface area is 111 Å². The van der Waals surface area contributed by atoms with E-state index in [1.54, 1.807) is 0 Å². The lowest BCUT2D eigenvalue weighted by Gasteiger charge is -2.01. The van der Waals surface area contributed by atoms with E-state index in [-0.39, 0.29) is 6.42 Å². The second-order valence-electron chi connectivity index (χ2n) is 5.01. The number of aryl methyl sites for hydroxylation is 3. The molecule has 98 valence electrons. The molecular formula is C15H16N2O2. The van der Waals surface area contributed by atoms with E-state index in [2.05, 4.69) is 28.4 Å². The first-order chi connectivity index (χ1) is 9.22. The fourth-order valence-corrected chi connectivity index (χ4v) is 2.61. The molecule has 0 atom stereocenters. The third-order valence-electron chi connectivity index (χ3n) is 3.63. The number of fused-ring (bicyclic) bond motifs is 1. The molecule has 3 rings (SSSR count). The number of nitrogens with zero attached hydrogens (tertiary/aromatic N) is 1. The minimum absolute atomic E-state index is 0.131. The first-order valence-electron chi connectivity index (χ1n) is 6.60. The number of aliphatic carboxylic acids is 1. The van der Waals surface area contributed by atoms with Crippen molar-refractivity contribution in [1.29, 1.82) is 0 Å². The zero-order chi connectivity index (χ0) is 13.2. The first kappa shape index (κ1) is 12.0. The molecule has 2 N–H and O–H groups in total. The fraction of sp³-hybridized carbons (Fsp3) is 0.333. The Bertz CT molecular complexity index is 616. The molecule has 1 aliphatic carbocycles. The van der Waals surface area contributed by atoms with Gasteiger partial charge in [-0.1, -0.05) is 12.1 Å². The van der Waals surface area contributed by atoms with Crippen molar-refractivity contribution >= 4 is 5.97 Å². The number of carboxylic acids is 1. The van der Waals surface area contributed by atoms with Gasteiger partial charge in [-0.3, -0.25) is 9.89 Å². The second-order valence-corrected chi connectivity index (χ2v) is 5.01. The van der Waals surface area contributed by atoms with Gasteiger partial charge in [0.15, 0.2) is 0 Å². The Balaban J connectivity index is 1.80. The molecule has 4 heteroatoms. The number of benzene rings is 1. The van der Waals surface area contributed by atoms with Crippen molar-refractivity contribution in [1.82, 2.24) is 10.2 Å². The second kappa shape index (κ2) is 4.88. The lowest BCUT2D eigenvalue weighted by Crippen LogP contribution is -1.97. The van der Waals surface area contributed by atoms with Crippen molar-refractivity contribution in [2.45, 2.75) is 32.1 Å². The summed E-state index contributed by atoms with van der Waals surface area (Å²) in [5.74, 6) is -0.784. The number of carbonyl (C=O) groups is 1. The molecule has 0 aliphatic heterocycles. The monoisotopic (exact) mass is 256 g/mol. The molecule has 0 saturated carbocycles. The molecule has 0 unspecified atom stereocenters. The van der Waals surface area contributed by atoms with Gasteiger partial charge < -0.3 is 5.11 Å². The summed E-state index contributed by atoms with van der Waals surface area (Å²) in [6.45, 7) is 0. The molecule has 1 aromatic carbocycles. The molecule has 2 aromatic rings. The molecule has 0 amide bonds. The van der Waals surface area contributed by atoms with Crippen LogP contribution in [0.15, 0.2) is 24.3 Å². The number of rotatable bonds is 4. The number of H-pyrrole nitrogens is 1. The summed E-state index contributed by atoms with van der Waals surface area (Å²) < 4.78 is 0. The van der Waals surface area contributed by atoms with E-state index in [0.29, 0.717) is 6.42 Å². The minimum atomic E-state index is -0.784. The Kier molecular flexibility index (Phi) is 3.07. The van der Waals surface area contributed by atoms with E-state index in [4.69, 9.17) is 5.11 Å². The van der Waals surface area contributed by atoms with Crippen LogP contribution >= 0.6 is 0 Å². The van der Waals surface area contributed by atoms with Crippen LogP contribution in [0.3, 0.4) is 0 Å². The summed E-state index contributed by atoms with van der Waals surface area (Å²) in [5.41, 5.74) is 5.75. The number of hydrogen-bond acceptors (Lipinski definition) is 2. The SMILES string of the molecule is O=C(O)CCc1cc(-c2ccc3c(c2)CCC3)n[nH]1. The molecule has 1 heterocycles. The molecule has 19 heavy (non-hydrogen) atoms. The summed E-state index contributed by atoms with van der Waals surface area (Å²) in [6.07, 6.45) is 4.20. The Hall–Kier alpha value is -2.10. The van der Waals surface area contributed by atoms with Crippen molar-refractivity contribution in [2.75, 3.05) is 0 Å². The summed E-state index contributed by atoms with van der Waals surface area (Å²) in [5, 5.41) is 15.9. The van der Waals surface area contributed by atoms with E-state index in [0.717, 1.165) is 23.4 Å². The van der Waals surface area contributed by atoms with Gasteiger partial charge in [-0.05, 0) is 48.9 Å². The van der Waals surface area contributed by atoms with Crippen LogP contribution in [0.1, 0.15) is 29.7 Å². The number of carboxylic acid groups (broad SMARTS) is 1. The minimum Gasteiger partial charge on any atom is -0.481 e. The molecule has 4 nitrogen and oxygen atoms in total. The van der Waals surface area contributed by atoms with E-state index in [1.807, 2.05) is 6.07 Å². The van der Waals surface area contributed by atoms with Crippen LogP contribution in [-0.2, 0) is 24.1 Å². The highest BCUT2D eigenvalue weighted by atomic mass is 16.4. The van der Waals surface area contributed by atoms with E-state index >= 15 is 0 Å².